The minimum absolute atomic E-state index is 0.0174. The van der Waals surface area contributed by atoms with Gasteiger partial charge in [-0.3, -0.25) is 9.89 Å². The number of carbonyl (C=O) groups excluding carboxylic acids is 1. The first kappa shape index (κ1) is 6.39. The van der Waals surface area contributed by atoms with E-state index in [-0.39, 0.29) is 6.03 Å². The fourth-order valence-corrected chi connectivity index (χ4v) is 1.23. The molecule has 0 aliphatic carbocycles. The Balaban J connectivity index is 2.34. The second kappa shape index (κ2) is 2.08. The summed E-state index contributed by atoms with van der Waals surface area (Å²) in [4.78, 5) is 18.7. The fourth-order valence-electron chi connectivity index (χ4n) is 1.23. The molecule has 0 atom stereocenters. The van der Waals surface area contributed by atoms with Gasteiger partial charge >= 0.3 is 6.03 Å². The highest BCUT2D eigenvalue weighted by Crippen LogP contribution is 2.11. The number of hydrogen-bond acceptors (Lipinski definition) is 2. The van der Waals surface area contributed by atoms with Gasteiger partial charge in [0, 0.05) is 19.8 Å². The molecule has 0 bridgehead atoms. The summed E-state index contributed by atoms with van der Waals surface area (Å²) in [6, 6.07) is 0.0174. The van der Waals surface area contributed by atoms with Gasteiger partial charge in [0.15, 0.2) is 0 Å². The third-order valence-electron chi connectivity index (χ3n) is 1.85. The van der Waals surface area contributed by atoms with Crippen molar-refractivity contribution in [2.45, 2.75) is 0 Å². The zero-order valence-electron chi connectivity index (χ0n) is 6.32. The zero-order chi connectivity index (χ0) is 7.84. The lowest BCUT2D eigenvalue weighted by Gasteiger charge is -2.25. The van der Waals surface area contributed by atoms with Crippen LogP contribution in [0.25, 0.3) is 0 Å². The van der Waals surface area contributed by atoms with Gasteiger partial charge < -0.3 is 4.90 Å². The van der Waals surface area contributed by atoms with Gasteiger partial charge in [0.1, 0.15) is 5.84 Å². The van der Waals surface area contributed by atoms with Crippen LogP contribution in [0, 0.1) is 0 Å². The molecule has 0 N–H and O–H groups in total. The summed E-state index contributed by atoms with van der Waals surface area (Å²) in [5, 5.41) is 0. The van der Waals surface area contributed by atoms with Gasteiger partial charge in [-0.25, -0.2) is 4.79 Å². The summed E-state index contributed by atoms with van der Waals surface area (Å²) in [6.45, 7) is 1.46. The highest BCUT2D eigenvalue weighted by molar-refractivity contribution is 6.07. The lowest BCUT2D eigenvalue weighted by molar-refractivity contribution is 0.201. The third kappa shape index (κ3) is 0.824. The summed E-state index contributed by atoms with van der Waals surface area (Å²) in [5.74, 6) is 0.799. The van der Waals surface area contributed by atoms with Crippen LogP contribution in [0.1, 0.15) is 0 Å². The Bertz CT molecular complexity index is 256. The van der Waals surface area contributed by atoms with E-state index < -0.39 is 0 Å². The van der Waals surface area contributed by atoms with Crippen LogP contribution in [-0.2, 0) is 0 Å². The van der Waals surface area contributed by atoms with E-state index in [1.807, 2.05) is 6.08 Å². The Morgan fingerprint density at radius 2 is 2.45 bits per heavy atom. The number of hydrogen-bond donors (Lipinski definition) is 0. The smallest absolute Gasteiger partial charge is 0.304 e. The second-order valence-electron chi connectivity index (χ2n) is 2.60. The van der Waals surface area contributed by atoms with Gasteiger partial charge in [-0.15, -0.1) is 0 Å². The van der Waals surface area contributed by atoms with E-state index in [0.29, 0.717) is 0 Å². The predicted octanol–water partition coefficient (Wildman–Crippen LogP) is 0.280. The summed E-state index contributed by atoms with van der Waals surface area (Å²) in [6.07, 6.45) is 3.59. The van der Waals surface area contributed by atoms with Gasteiger partial charge in [-0.2, -0.15) is 0 Å². The average molecular weight is 151 g/mol. The lowest BCUT2D eigenvalue weighted by Crippen LogP contribution is -2.43. The normalized spacial score (nSPS) is 22.3. The SMILES string of the molecule is CN1C=CC2=NCCN2C1=O. The zero-order valence-corrected chi connectivity index (χ0v) is 6.32. The van der Waals surface area contributed by atoms with Gasteiger partial charge in [0.25, 0.3) is 0 Å². The molecule has 2 amide bonds. The van der Waals surface area contributed by atoms with Gasteiger partial charge in [0.05, 0.1) is 6.54 Å². The monoisotopic (exact) mass is 151 g/mol. The fraction of sp³-hybridized carbons (Fsp3) is 0.429. The Labute approximate surface area is 64.8 Å². The molecule has 4 nitrogen and oxygen atoms in total. The second-order valence-corrected chi connectivity index (χ2v) is 2.60. The van der Waals surface area contributed by atoms with E-state index in [0.717, 1.165) is 18.9 Å². The summed E-state index contributed by atoms with van der Waals surface area (Å²) in [5.41, 5.74) is 0. The average Bonchev–Trinajstić information content (AvgIpc) is 2.45. The van der Waals surface area contributed by atoms with Crippen LogP contribution >= 0.6 is 0 Å². The van der Waals surface area contributed by atoms with E-state index in [2.05, 4.69) is 4.99 Å². The largest absolute Gasteiger partial charge is 0.329 e. The van der Waals surface area contributed by atoms with Crippen molar-refractivity contribution in [2.75, 3.05) is 20.1 Å². The molecule has 0 saturated carbocycles. The molecule has 0 saturated heterocycles. The molecule has 0 aromatic carbocycles. The van der Waals surface area contributed by atoms with Crippen molar-refractivity contribution in [1.29, 1.82) is 0 Å². The topological polar surface area (TPSA) is 35.9 Å². The van der Waals surface area contributed by atoms with Gasteiger partial charge in [-0.1, -0.05) is 0 Å². The Kier molecular flexibility index (Phi) is 1.21. The first-order valence-corrected chi connectivity index (χ1v) is 3.56. The molecule has 2 aliphatic heterocycles. The molecular weight excluding hydrogens is 142 g/mol. The molecule has 2 aliphatic rings. The summed E-state index contributed by atoms with van der Waals surface area (Å²) in [7, 11) is 1.74. The van der Waals surface area contributed by atoms with Crippen LogP contribution in [0.15, 0.2) is 17.3 Å². The van der Waals surface area contributed by atoms with Crippen LogP contribution < -0.4 is 0 Å². The first-order chi connectivity index (χ1) is 5.29. The van der Waals surface area contributed by atoms with Crippen molar-refractivity contribution in [3.05, 3.63) is 12.3 Å². The summed E-state index contributed by atoms with van der Waals surface area (Å²) < 4.78 is 0. The Morgan fingerprint density at radius 1 is 1.64 bits per heavy atom. The first-order valence-electron chi connectivity index (χ1n) is 3.56. The van der Waals surface area contributed by atoms with E-state index in [1.165, 1.54) is 0 Å². The number of fused-ring (bicyclic) bond motifs is 1. The standard InChI is InChI=1S/C7H9N3O/c1-9-4-2-6-8-3-5-10(6)7(9)11/h2,4H,3,5H2,1H3. The minimum atomic E-state index is 0.0174. The maximum atomic E-state index is 11.3. The molecule has 4 heteroatoms. The maximum absolute atomic E-state index is 11.3. The van der Waals surface area contributed by atoms with Gasteiger partial charge in [-0.05, 0) is 6.08 Å². The number of carbonyl (C=O) groups is 1. The highest BCUT2D eigenvalue weighted by Gasteiger charge is 2.26. The van der Waals surface area contributed by atoms with E-state index in [1.54, 1.807) is 23.0 Å². The Hall–Kier alpha value is -1.32. The van der Waals surface area contributed by atoms with Crippen molar-refractivity contribution in [3.8, 4) is 0 Å². The van der Waals surface area contributed by atoms with Crippen LogP contribution in [0.4, 0.5) is 4.79 Å². The van der Waals surface area contributed by atoms with E-state index in [4.69, 9.17) is 0 Å². The number of rotatable bonds is 0. The van der Waals surface area contributed by atoms with Crippen LogP contribution in [0.3, 0.4) is 0 Å². The number of amides is 2. The van der Waals surface area contributed by atoms with Crippen molar-refractivity contribution >= 4 is 11.9 Å². The van der Waals surface area contributed by atoms with Crippen molar-refractivity contribution < 1.29 is 4.79 Å². The highest BCUT2D eigenvalue weighted by atomic mass is 16.2. The molecule has 0 aromatic heterocycles. The van der Waals surface area contributed by atoms with Gasteiger partial charge in [0.2, 0.25) is 0 Å². The molecule has 2 rings (SSSR count). The predicted molar refractivity (Wildman–Crippen MR) is 41.3 cm³/mol. The maximum Gasteiger partial charge on any atom is 0.329 e. The summed E-state index contributed by atoms with van der Waals surface area (Å²) >= 11 is 0. The van der Waals surface area contributed by atoms with Crippen molar-refractivity contribution in [1.82, 2.24) is 9.80 Å². The van der Waals surface area contributed by atoms with Crippen LogP contribution in [0.5, 0.6) is 0 Å². The quantitative estimate of drug-likeness (QED) is 0.489. The molecule has 0 aromatic rings. The molecule has 0 unspecified atom stereocenters. The molecule has 0 radical (unpaired) electrons. The molecular formula is C7H9N3O. The lowest BCUT2D eigenvalue weighted by atomic mass is 10.4. The number of nitrogens with zero attached hydrogens (tertiary/aromatic N) is 3. The number of amidine groups is 1. The Morgan fingerprint density at radius 3 is 3.27 bits per heavy atom. The third-order valence-corrected chi connectivity index (χ3v) is 1.85. The molecule has 2 heterocycles. The number of aliphatic imine (C=N–C) groups is 1. The van der Waals surface area contributed by atoms with Crippen molar-refractivity contribution in [2.24, 2.45) is 4.99 Å². The minimum Gasteiger partial charge on any atom is -0.304 e. The molecule has 0 fully saturated rings. The molecule has 11 heavy (non-hydrogen) atoms. The number of urea groups is 1. The molecule has 58 valence electrons. The molecule has 0 spiro atoms. The van der Waals surface area contributed by atoms with E-state index in [9.17, 15) is 4.79 Å². The van der Waals surface area contributed by atoms with Crippen molar-refractivity contribution in [3.63, 3.8) is 0 Å². The van der Waals surface area contributed by atoms with E-state index >= 15 is 0 Å². The van der Waals surface area contributed by atoms with Crippen LogP contribution in [0.2, 0.25) is 0 Å². The van der Waals surface area contributed by atoms with Crippen LogP contribution in [-0.4, -0.2) is 41.8 Å².